The van der Waals surface area contributed by atoms with E-state index in [0.29, 0.717) is 6.10 Å². The van der Waals surface area contributed by atoms with Gasteiger partial charge >= 0.3 is 0 Å². The first kappa shape index (κ1) is 11.7. The Labute approximate surface area is 87.1 Å². The first-order valence-corrected chi connectivity index (χ1v) is 5.33. The van der Waals surface area contributed by atoms with Crippen LogP contribution in [-0.4, -0.2) is 50.8 Å². The Hall–Kier alpha value is -0.380. The van der Waals surface area contributed by atoms with Crippen molar-refractivity contribution in [3.8, 4) is 0 Å². The smallest absolute Gasteiger partial charge is 0.0826 e. The monoisotopic (exact) mass is 198 g/mol. The van der Waals surface area contributed by atoms with Crippen molar-refractivity contribution >= 4 is 0 Å². The van der Waals surface area contributed by atoms with Crippen LogP contribution in [0.15, 0.2) is 12.2 Å². The fourth-order valence-corrected chi connectivity index (χ4v) is 1.56. The van der Waals surface area contributed by atoms with Crippen LogP contribution in [0.2, 0.25) is 0 Å². The lowest BCUT2D eigenvalue weighted by molar-refractivity contribution is 0.0103. The van der Waals surface area contributed by atoms with Gasteiger partial charge in [-0.15, -0.1) is 6.58 Å². The summed E-state index contributed by atoms with van der Waals surface area (Å²) in [7, 11) is 2.14. The molecule has 1 aliphatic rings. The van der Waals surface area contributed by atoms with E-state index in [1.165, 1.54) is 5.57 Å². The van der Waals surface area contributed by atoms with Crippen LogP contribution in [-0.2, 0) is 4.74 Å². The molecule has 3 heteroatoms. The van der Waals surface area contributed by atoms with E-state index in [1.807, 2.05) is 0 Å². The van der Waals surface area contributed by atoms with Crippen LogP contribution in [0.25, 0.3) is 0 Å². The number of hydrogen-bond acceptors (Lipinski definition) is 3. The minimum atomic E-state index is 0.360. The summed E-state index contributed by atoms with van der Waals surface area (Å²) in [4.78, 5) is 2.31. The number of morpholine rings is 1. The number of nitrogens with zero attached hydrogens (tertiary/aromatic N) is 1. The number of likely N-dealkylation sites (N-methyl/N-ethyl adjacent to an activating group) is 1. The molecule has 0 bridgehead atoms. The maximum Gasteiger partial charge on any atom is 0.0826 e. The Morgan fingerprint density at radius 3 is 3.00 bits per heavy atom. The van der Waals surface area contributed by atoms with E-state index in [9.17, 15) is 0 Å². The highest BCUT2D eigenvalue weighted by atomic mass is 16.5. The normalized spacial score (nSPS) is 22.6. The van der Waals surface area contributed by atoms with Crippen molar-refractivity contribution < 1.29 is 4.74 Å². The lowest BCUT2D eigenvalue weighted by Gasteiger charge is -2.28. The van der Waals surface area contributed by atoms with Crippen LogP contribution in [0, 0.1) is 0 Å². The molecule has 1 atom stereocenters. The van der Waals surface area contributed by atoms with Crippen molar-refractivity contribution in [2.45, 2.75) is 19.4 Å². The predicted octanol–water partition coefficient (Wildman–Crippen LogP) is 0.873. The molecule has 0 aromatic carbocycles. The van der Waals surface area contributed by atoms with Gasteiger partial charge in [0.05, 0.1) is 12.7 Å². The average Bonchev–Trinajstić information content (AvgIpc) is 2.16. The second kappa shape index (κ2) is 6.17. The van der Waals surface area contributed by atoms with E-state index in [1.54, 1.807) is 0 Å². The van der Waals surface area contributed by atoms with Gasteiger partial charge in [0, 0.05) is 26.2 Å². The third kappa shape index (κ3) is 4.74. The maximum absolute atomic E-state index is 5.63. The molecule has 0 radical (unpaired) electrons. The number of rotatable bonds is 5. The van der Waals surface area contributed by atoms with Crippen molar-refractivity contribution in [3.05, 3.63) is 12.2 Å². The van der Waals surface area contributed by atoms with Crippen LogP contribution in [0.3, 0.4) is 0 Å². The van der Waals surface area contributed by atoms with Gasteiger partial charge < -0.3 is 15.0 Å². The molecule has 0 aliphatic carbocycles. The Bertz CT molecular complexity index is 176. The molecule has 0 amide bonds. The number of ether oxygens (including phenoxy) is 1. The lowest BCUT2D eigenvalue weighted by Crippen LogP contribution is -2.44. The fourth-order valence-electron chi connectivity index (χ4n) is 1.56. The Morgan fingerprint density at radius 2 is 2.43 bits per heavy atom. The van der Waals surface area contributed by atoms with Crippen molar-refractivity contribution in [2.24, 2.45) is 0 Å². The van der Waals surface area contributed by atoms with Gasteiger partial charge in [-0.3, -0.25) is 0 Å². The Balaban J connectivity index is 2.11. The zero-order valence-electron chi connectivity index (χ0n) is 9.38. The van der Waals surface area contributed by atoms with Crippen molar-refractivity contribution in [1.82, 2.24) is 10.2 Å². The molecule has 0 aromatic rings. The minimum absolute atomic E-state index is 0.360. The van der Waals surface area contributed by atoms with Crippen molar-refractivity contribution in [3.63, 3.8) is 0 Å². The molecule has 1 aliphatic heterocycles. The van der Waals surface area contributed by atoms with E-state index in [-0.39, 0.29) is 0 Å². The number of hydrogen-bond donors (Lipinski definition) is 1. The summed E-state index contributed by atoms with van der Waals surface area (Å²) in [5.41, 5.74) is 1.25. The third-order valence-electron chi connectivity index (χ3n) is 2.44. The molecule has 1 fully saturated rings. The zero-order valence-corrected chi connectivity index (χ0v) is 9.38. The summed E-state index contributed by atoms with van der Waals surface area (Å²) in [5, 5.41) is 3.34. The first-order valence-electron chi connectivity index (χ1n) is 5.33. The molecule has 0 aromatic heterocycles. The molecule has 0 saturated carbocycles. The minimum Gasteiger partial charge on any atom is -0.374 e. The van der Waals surface area contributed by atoms with E-state index in [4.69, 9.17) is 4.74 Å². The van der Waals surface area contributed by atoms with Gasteiger partial charge in [0.2, 0.25) is 0 Å². The third-order valence-corrected chi connectivity index (χ3v) is 2.44. The molecule has 1 saturated heterocycles. The molecule has 3 nitrogen and oxygen atoms in total. The Morgan fingerprint density at radius 1 is 1.64 bits per heavy atom. The maximum atomic E-state index is 5.63. The molecule has 14 heavy (non-hydrogen) atoms. The highest BCUT2D eigenvalue weighted by Crippen LogP contribution is 2.01. The largest absolute Gasteiger partial charge is 0.374 e. The molecule has 82 valence electrons. The first-order chi connectivity index (χ1) is 6.68. The van der Waals surface area contributed by atoms with Crippen LogP contribution < -0.4 is 5.32 Å². The second-order valence-electron chi connectivity index (χ2n) is 4.17. The van der Waals surface area contributed by atoms with Gasteiger partial charge in [0.25, 0.3) is 0 Å². The van der Waals surface area contributed by atoms with Crippen molar-refractivity contribution in [1.29, 1.82) is 0 Å². The molecule has 1 N–H and O–H groups in total. The molecule has 1 rings (SSSR count). The molecular formula is C11H22N2O. The highest BCUT2D eigenvalue weighted by molar-refractivity contribution is 4.88. The molecule has 1 unspecified atom stereocenters. The molecule has 1 heterocycles. The fraction of sp³-hybridized carbons (Fsp3) is 0.818. The predicted molar refractivity (Wildman–Crippen MR) is 59.5 cm³/mol. The van der Waals surface area contributed by atoms with Gasteiger partial charge in [-0.25, -0.2) is 0 Å². The summed E-state index contributed by atoms with van der Waals surface area (Å²) in [6.45, 7) is 10.9. The summed E-state index contributed by atoms with van der Waals surface area (Å²) in [6, 6.07) is 0. The number of nitrogens with one attached hydrogen (secondary N) is 1. The summed E-state index contributed by atoms with van der Waals surface area (Å²) in [5.74, 6) is 0. The van der Waals surface area contributed by atoms with Crippen LogP contribution in [0.1, 0.15) is 13.3 Å². The molecular weight excluding hydrogens is 176 g/mol. The zero-order chi connectivity index (χ0) is 10.4. The van der Waals surface area contributed by atoms with Gasteiger partial charge in [-0.05, 0) is 20.4 Å². The standard InChI is InChI=1S/C11H22N2O/c1-10(2)4-6-13(3)9-11-8-12-5-7-14-11/h11-12H,1,4-9H2,2-3H3. The SMILES string of the molecule is C=C(C)CCN(C)CC1CNCCO1. The van der Waals surface area contributed by atoms with Crippen LogP contribution in [0.5, 0.6) is 0 Å². The van der Waals surface area contributed by atoms with E-state index < -0.39 is 0 Å². The van der Waals surface area contributed by atoms with Crippen molar-refractivity contribution in [2.75, 3.05) is 39.8 Å². The summed E-state index contributed by atoms with van der Waals surface area (Å²) >= 11 is 0. The van der Waals surface area contributed by atoms with Crippen LogP contribution >= 0.6 is 0 Å². The van der Waals surface area contributed by atoms with Gasteiger partial charge in [-0.1, -0.05) is 5.57 Å². The van der Waals surface area contributed by atoms with Crippen LogP contribution in [0.4, 0.5) is 0 Å². The highest BCUT2D eigenvalue weighted by Gasteiger charge is 2.14. The van der Waals surface area contributed by atoms with E-state index >= 15 is 0 Å². The summed E-state index contributed by atoms with van der Waals surface area (Å²) in [6.07, 6.45) is 1.44. The average molecular weight is 198 g/mol. The lowest BCUT2D eigenvalue weighted by atomic mass is 10.2. The van der Waals surface area contributed by atoms with Gasteiger partial charge in [0.1, 0.15) is 0 Å². The second-order valence-corrected chi connectivity index (χ2v) is 4.17. The van der Waals surface area contributed by atoms with E-state index in [2.05, 4.69) is 30.8 Å². The molecule has 0 spiro atoms. The Kier molecular flexibility index (Phi) is 5.15. The van der Waals surface area contributed by atoms with Gasteiger partial charge in [0.15, 0.2) is 0 Å². The van der Waals surface area contributed by atoms with E-state index in [0.717, 1.165) is 39.2 Å². The topological polar surface area (TPSA) is 24.5 Å². The quantitative estimate of drug-likeness (QED) is 0.664. The summed E-state index contributed by atoms with van der Waals surface area (Å²) < 4.78 is 5.63. The van der Waals surface area contributed by atoms with Gasteiger partial charge in [-0.2, -0.15) is 0 Å².